The Hall–Kier alpha value is -3.99. The van der Waals surface area contributed by atoms with Crippen LogP contribution in [0.5, 0.6) is 17.2 Å². The minimum absolute atomic E-state index is 0.0191. The van der Waals surface area contributed by atoms with Crippen molar-refractivity contribution in [2.45, 2.75) is 0 Å². The van der Waals surface area contributed by atoms with E-state index in [0.717, 1.165) is 0 Å². The molecule has 2 heterocycles. The fourth-order valence-electron chi connectivity index (χ4n) is 3.10. The van der Waals surface area contributed by atoms with E-state index in [9.17, 15) is 14.9 Å². The predicted molar refractivity (Wildman–Crippen MR) is 114 cm³/mol. The summed E-state index contributed by atoms with van der Waals surface area (Å²) in [4.78, 5) is 23.8. The molecule has 4 aromatic rings. The van der Waals surface area contributed by atoms with Gasteiger partial charge in [0.05, 0.1) is 30.8 Å². The molecular weight excluding hydrogens is 424 g/mol. The lowest BCUT2D eigenvalue weighted by Crippen LogP contribution is -2.23. The number of non-ortho nitro benzene ring substituents is 1. The third-order valence-corrected chi connectivity index (χ3v) is 5.53. The minimum Gasteiger partial charge on any atom is -0.493 e. The topological polar surface area (TPSA) is 118 Å². The molecule has 0 aliphatic rings. The van der Waals surface area contributed by atoms with E-state index in [1.54, 1.807) is 30.3 Å². The van der Waals surface area contributed by atoms with Crippen molar-refractivity contribution >= 4 is 28.1 Å². The number of benzene rings is 2. The third-order valence-electron chi connectivity index (χ3n) is 4.57. The summed E-state index contributed by atoms with van der Waals surface area (Å²) in [5.74, 6) is 1.61. The van der Waals surface area contributed by atoms with Gasteiger partial charge in [-0.2, -0.15) is 0 Å². The second-order valence-electron chi connectivity index (χ2n) is 6.32. The molecule has 31 heavy (non-hydrogen) atoms. The van der Waals surface area contributed by atoms with Crippen LogP contribution >= 0.6 is 11.3 Å². The summed E-state index contributed by atoms with van der Waals surface area (Å²) in [5, 5.41) is 19.1. The van der Waals surface area contributed by atoms with Crippen LogP contribution in [-0.4, -0.2) is 40.9 Å². The van der Waals surface area contributed by atoms with Crippen LogP contribution in [0.25, 0.3) is 22.4 Å². The minimum atomic E-state index is -0.475. The van der Waals surface area contributed by atoms with Gasteiger partial charge in [0.2, 0.25) is 10.7 Å². The molecule has 0 aliphatic heterocycles. The summed E-state index contributed by atoms with van der Waals surface area (Å²) >= 11 is 1.17. The Kier molecular flexibility index (Phi) is 5.26. The van der Waals surface area contributed by atoms with Crippen molar-refractivity contribution in [3.05, 3.63) is 67.0 Å². The van der Waals surface area contributed by atoms with Gasteiger partial charge in [0.25, 0.3) is 11.2 Å². The van der Waals surface area contributed by atoms with Crippen LogP contribution < -0.4 is 24.3 Å². The van der Waals surface area contributed by atoms with Crippen LogP contribution in [0.3, 0.4) is 0 Å². The highest BCUT2D eigenvalue weighted by Crippen LogP contribution is 2.40. The van der Waals surface area contributed by atoms with E-state index in [-0.39, 0.29) is 11.2 Å². The van der Waals surface area contributed by atoms with Crippen molar-refractivity contribution in [2.24, 2.45) is 0 Å². The molecule has 0 fully saturated rings. The van der Waals surface area contributed by atoms with Gasteiger partial charge < -0.3 is 14.2 Å². The lowest BCUT2D eigenvalue weighted by molar-refractivity contribution is -0.384. The Bertz CT molecular complexity index is 1370. The molecular formula is C20H16N4O6S. The van der Waals surface area contributed by atoms with E-state index in [1.807, 2.05) is 0 Å². The molecule has 0 atom stereocenters. The summed E-state index contributed by atoms with van der Waals surface area (Å²) in [7, 11) is 4.51. The normalized spacial score (nSPS) is 11.6. The molecule has 0 saturated heterocycles. The fraction of sp³-hybridized carbons (Fsp3) is 0.150. The number of thiazole rings is 1. The largest absolute Gasteiger partial charge is 0.493 e. The number of fused-ring (bicyclic) bond motifs is 1. The highest BCUT2D eigenvalue weighted by atomic mass is 32.1. The molecule has 158 valence electrons. The Morgan fingerprint density at radius 3 is 2.23 bits per heavy atom. The number of methoxy groups -OCH3 is 3. The van der Waals surface area contributed by atoms with E-state index >= 15 is 0 Å². The zero-order valence-electron chi connectivity index (χ0n) is 16.7. The molecule has 0 bridgehead atoms. The van der Waals surface area contributed by atoms with Crippen molar-refractivity contribution in [2.75, 3.05) is 21.3 Å². The van der Waals surface area contributed by atoms with Gasteiger partial charge in [-0.15, -0.1) is 10.2 Å². The quantitative estimate of drug-likeness (QED) is 0.331. The number of nitro groups is 1. The molecule has 0 spiro atoms. The van der Waals surface area contributed by atoms with E-state index in [4.69, 9.17) is 14.2 Å². The lowest BCUT2D eigenvalue weighted by atomic mass is 10.1. The Balaban J connectivity index is 1.85. The number of aromatic nitrogens is 3. The first-order valence-electron chi connectivity index (χ1n) is 8.91. The predicted octanol–water partition coefficient (Wildman–Crippen LogP) is 2.30. The van der Waals surface area contributed by atoms with Crippen molar-refractivity contribution in [3.8, 4) is 28.6 Å². The standard InChI is InChI=1S/C20H16N4O6S/c1-28-14-9-12(10-15(29-2)17(14)30-3)18-21-22-20-23(18)19(25)16(31-20)8-11-4-6-13(7-5-11)24(26)27/h4-10H,1-3H3. The van der Waals surface area contributed by atoms with Crippen LogP contribution in [-0.2, 0) is 0 Å². The van der Waals surface area contributed by atoms with Crippen LogP contribution in [0.4, 0.5) is 5.69 Å². The van der Waals surface area contributed by atoms with Gasteiger partial charge in [-0.25, -0.2) is 4.40 Å². The van der Waals surface area contributed by atoms with Gasteiger partial charge in [0.1, 0.15) is 0 Å². The van der Waals surface area contributed by atoms with Crippen LogP contribution in [0.2, 0.25) is 0 Å². The maximum atomic E-state index is 13.1. The molecule has 2 aromatic carbocycles. The van der Waals surface area contributed by atoms with Gasteiger partial charge in [-0.3, -0.25) is 14.9 Å². The SMILES string of the molecule is COc1cc(-c2nnc3sc(=Cc4ccc([N+](=O)[O-])cc4)c(=O)n23)cc(OC)c1OC. The lowest BCUT2D eigenvalue weighted by Gasteiger charge is -2.13. The summed E-state index contributed by atoms with van der Waals surface area (Å²) in [6.07, 6.45) is 1.66. The highest BCUT2D eigenvalue weighted by molar-refractivity contribution is 7.15. The molecule has 10 nitrogen and oxygen atoms in total. The van der Waals surface area contributed by atoms with E-state index in [2.05, 4.69) is 10.2 Å². The molecule has 0 aliphatic carbocycles. The number of ether oxygens (including phenoxy) is 3. The molecule has 2 aromatic heterocycles. The molecule has 11 heteroatoms. The van der Waals surface area contributed by atoms with Crippen molar-refractivity contribution < 1.29 is 19.1 Å². The average Bonchev–Trinajstić information content (AvgIpc) is 3.33. The van der Waals surface area contributed by atoms with Crippen LogP contribution in [0, 0.1) is 10.1 Å². The van der Waals surface area contributed by atoms with Crippen molar-refractivity contribution in [1.29, 1.82) is 0 Å². The summed E-state index contributed by atoms with van der Waals surface area (Å²) in [5.41, 5.74) is 0.912. The summed E-state index contributed by atoms with van der Waals surface area (Å²) in [6.45, 7) is 0. The smallest absolute Gasteiger partial charge is 0.276 e. The molecule has 0 N–H and O–H groups in total. The second-order valence-corrected chi connectivity index (χ2v) is 7.33. The van der Waals surface area contributed by atoms with E-state index < -0.39 is 4.92 Å². The third kappa shape index (κ3) is 3.55. The Labute approximate surface area is 179 Å². The van der Waals surface area contributed by atoms with E-state index in [0.29, 0.717) is 43.7 Å². The molecule has 0 saturated carbocycles. The monoisotopic (exact) mass is 440 g/mol. The van der Waals surface area contributed by atoms with Gasteiger partial charge in [0, 0.05) is 17.7 Å². The summed E-state index contributed by atoms with van der Waals surface area (Å²) in [6, 6.07) is 9.32. The van der Waals surface area contributed by atoms with Crippen LogP contribution in [0.1, 0.15) is 5.56 Å². The maximum Gasteiger partial charge on any atom is 0.276 e. The zero-order chi connectivity index (χ0) is 22.1. The average molecular weight is 440 g/mol. The number of nitro benzene ring substituents is 1. The molecule has 4 rings (SSSR count). The second kappa shape index (κ2) is 8.03. The van der Waals surface area contributed by atoms with Gasteiger partial charge in [-0.05, 0) is 35.9 Å². The van der Waals surface area contributed by atoms with Gasteiger partial charge >= 0.3 is 0 Å². The van der Waals surface area contributed by atoms with Crippen molar-refractivity contribution in [3.63, 3.8) is 0 Å². The molecule has 0 radical (unpaired) electrons. The zero-order valence-corrected chi connectivity index (χ0v) is 17.5. The fourth-order valence-corrected chi connectivity index (χ4v) is 4.02. The first-order chi connectivity index (χ1) is 15.0. The van der Waals surface area contributed by atoms with E-state index in [1.165, 1.54) is 49.2 Å². The number of rotatable bonds is 6. The first-order valence-corrected chi connectivity index (χ1v) is 9.73. The van der Waals surface area contributed by atoms with Gasteiger partial charge in [-0.1, -0.05) is 11.3 Å². The molecule has 0 unspecified atom stereocenters. The first kappa shape index (κ1) is 20.3. The maximum absolute atomic E-state index is 13.1. The van der Waals surface area contributed by atoms with Gasteiger partial charge in [0.15, 0.2) is 17.3 Å². The Morgan fingerprint density at radius 2 is 1.68 bits per heavy atom. The number of hydrogen-bond acceptors (Lipinski definition) is 9. The van der Waals surface area contributed by atoms with Crippen molar-refractivity contribution in [1.82, 2.24) is 14.6 Å². The summed E-state index contributed by atoms with van der Waals surface area (Å²) < 4.78 is 17.9. The number of hydrogen-bond donors (Lipinski definition) is 0. The highest BCUT2D eigenvalue weighted by Gasteiger charge is 2.19. The number of nitrogens with zero attached hydrogens (tertiary/aromatic N) is 4. The molecule has 0 amide bonds. The Morgan fingerprint density at radius 1 is 1.03 bits per heavy atom. The van der Waals surface area contributed by atoms with Crippen LogP contribution in [0.15, 0.2) is 41.2 Å².